The van der Waals surface area contributed by atoms with Crippen LogP contribution in [0.4, 0.5) is 0 Å². The summed E-state index contributed by atoms with van der Waals surface area (Å²) in [5.41, 5.74) is 14.5. The number of likely N-dealkylation sites (N-methyl/N-ethyl adjacent to an activating group) is 1. The first-order valence-corrected chi connectivity index (χ1v) is 11.8. The van der Waals surface area contributed by atoms with Crippen LogP contribution in [0.5, 0.6) is 0 Å². The Bertz CT molecular complexity index is 1550. The molecule has 0 unspecified atom stereocenters. The van der Waals surface area contributed by atoms with Crippen molar-refractivity contribution in [3.05, 3.63) is 83.2 Å². The van der Waals surface area contributed by atoms with E-state index in [-0.39, 0.29) is 0 Å². The number of hydrogen-bond donors (Lipinski definition) is 3. The first-order valence-electron chi connectivity index (χ1n) is 10.9. The fourth-order valence-corrected chi connectivity index (χ4v) is 4.64. The Morgan fingerprint density at radius 3 is 2.76 bits per heavy atom. The Morgan fingerprint density at radius 1 is 1.15 bits per heavy atom. The number of thiophene rings is 1. The highest BCUT2D eigenvalue weighted by molar-refractivity contribution is 7.08. The summed E-state index contributed by atoms with van der Waals surface area (Å²) in [5, 5.41) is 13.8. The molecule has 0 atom stereocenters. The van der Waals surface area contributed by atoms with Gasteiger partial charge >= 0.3 is 0 Å². The quantitative estimate of drug-likeness (QED) is 0.284. The lowest BCUT2D eigenvalue weighted by Gasteiger charge is -2.14. The summed E-state index contributed by atoms with van der Waals surface area (Å²) in [6.45, 7) is 1.99. The van der Waals surface area contributed by atoms with Gasteiger partial charge in [-0.1, -0.05) is 6.08 Å². The van der Waals surface area contributed by atoms with Crippen LogP contribution in [0.3, 0.4) is 0 Å². The molecular weight excluding hydrogens is 442 g/mol. The number of hydrogen-bond acceptors (Lipinski definition) is 6. The van der Waals surface area contributed by atoms with E-state index in [1.54, 1.807) is 23.7 Å². The molecule has 7 nitrogen and oxygen atoms in total. The summed E-state index contributed by atoms with van der Waals surface area (Å²) in [6.07, 6.45) is 13.3. The van der Waals surface area contributed by atoms with E-state index < -0.39 is 0 Å². The van der Waals surface area contributed by atoms with Crippen molar-refractivity contribution in [1.29, 1.82) is 0 Å². The zero-order valence-corrected chi connectivity index (χ0v) is 20.0. The second-order valence-corrected chi connectivity index (χ2v) is 8.90. The van der Waals surface area contributed by atoms with Gasteiger partial charge in [-0.3, -0.25) is 10.1 Å². The van der Waals surface area contributed by atoms with Crippen LogP contribution in [-0.4, -0.2) is 44.1 Å². The molecule has 0 saturated carbocycles. The Kier molecular flexibility index (Phi) is 5.73. The van der Waals surface area contributed by atoms with E-state index in [0.29, 0.717) is 5.65 Å². The number of nitrogens with zero attached hydrogens (tertiary/aromatic N) is 4. The zero-order chi connectivity index (χ0) is 23.7. The van der Waals surface area contributed by atoms with Crippen LogP contribution >= 0.6 is 11.3 Å². The van der Waals surface area contributed by atoms with Gasteiger partial charge in [0.05, 0.1) is 23.1 Å². The van der Waals surface area contributed by atoms with E-state index in [9.17, 15) is 0 Å². The van der Waals surface area contributed by atoms with Gasteiger partial charge in [0.1, 0.15) is 0 Å². The first-order chi connectivity index (χ1) is 16.6. The van der Waals surface area contributed by atoms with Crippen LogP contribution in [0.15, 0.2) is 77.7 Å². The Balaban J connectivity index is 1.61. The molecule has 0 radical (unpaired) electrons. The summed E-state index contributed by atoms with van der Waals surface area (Å²) >= 11 is 1.67. The lowest BCUT2D eigenvalue weighted by molar-refractivity contribution is 0.530. The fraction of sp³-hybridized carbons (Fsp3) is 0.115. The summed E-state index contributed by atoms with van der Waals surface area (Å²) < 4.78 is 0. The average molecular weight is 468 g/mol. The van der Waals surface area contributed by atoms with Crippen LogP contribution in [0.2, 0.25) is 0 Å². The summed E-state index contributed by atoms with van der Waals surface area (Å²) in [5.74, 6) is 0. The molecule has 5 heterocycles. The normalized spacial score (nSPS) is 12.9. The lowest BCUT2D eigenvalue weighted by atomic mass is 10.0. The third-order valence-electron chi connectivity index (χ3n) is 5.73. The predicted molar refractivity (Wildman–Crippen MR) is 141 cm³/mol. The van der Waals surface area contributed by atoms with Crippen molar-refractivity contribution >= 4 is 38.8 Å². The largest absolute Gasteiger partial charge is 0.404 e. The van der Waals surface area contributed by atoms with E-state index in [0.717, 1.165) is 55.6 Å². The number of rotatable bonds is 6. The van der Waals surface area contributed by atoms with Gasteiger partial charge in [0.15, 0.2) is 5.65 Å². The minimum atomic E-state index is 0.648. The smallest absolute Gasteiger partial charge is 0.181 e. The molecule has 8 heteroatoms. The topological polar surface area (TPSA) is 99.5 Å². The van der Waals surface area contributed by atoms with E-state index in [2.05, 4.69) is 54.1 Å². The molecular formula is C26H25N7S. The number of aromatic amines is 2. The molecule has 5 rings (SSSR count). The number of nitrogens with two attached hydrogens (primary N) is 1. The van der Waals surface area contributed by atoms with Crippen molar-refractivity contribution in [1.82, 2.24) is 30.0 Å². The van der Waals surface area contributed by atoms with Crippen molar-refractivity contribution in [2.24, 2.45) is 5.73 Å². The molecule has 0 spiro atoms. The van der Waals surface area contributed by atoms with Gasteiger partial charge in [0.25, 0.3) is 0 Å². The molecule has 0 saturated heterocycles. The Labute approximate surface area is 201 Å². The van der Waals surface area contributed by atoms with Crippen LogP contribution in [0.1, 0.15) is 12.5 Å². The average Bonchev–Trinajstić information content (AvgIpc) is 3.60. The molecule has 0 bridgehead atoms. The van der Waals surface area contributed by atoms with Gasteiger partial charge in [-0.25, -0.2) is 4.98 Å². The highest BCUT2D eigenvalue weighted by Gasteiger charge is 2.15. The number of fused-ring (bicyclic) bond motifs is 2. The van der Waals surface area contributed by atoms with Crippen molar-refractivity contribution in [3.63, 3.8) is 0 Å². The van der Waals surface area contributed by atoms with Crippen molar-refractivity contribution < 1.29 is 0 Å². The van der Waals surface area contributed by atoms with Gasteiger partial charge in [-0.2, -0.15) is 16.4 Å². The van der Waals surface area contributed by atoms with Gasteiger partial charge in [0, 0.05) is 65.9 Å². The molecule has 0 fully saturated rings. The minimum absolute atomic E-state index is 0.648. The molecule has 34 heavy (non-hydrogen) atoms. The number of H-pyrrole nitrogens is 2. The van der Waals surface area contributed by atoms with E-state index >= 15 is 0 Å². The standard InChI is InChI=1S/C26H25N7S/c1-4-5-19(33(2)3)8-17(11-27)18-9-21-25(31-32-26(21)29-12-18)23-10-20-22(16-6-7-34-15-16)13-28-14-24(20)30-23/h4-15,30H,27H2,1-3H3,(H,29,31,32)/b5-4?,17-11+,19-8+. The van der Waals surface area contributed by atoms with Crippen LogP contribution in [0, 0.1) is 0 Å². The molecule has 0 aliphatic carbocycles. The van der Waals surface area contributed by atoms with Gasteiger partial charge < -0.3 is 15.6 Å². The third kappa shape index (κ3) is 3.88. The van der Waals surface area contributed by atoms with E-state index in [1.807, 2.05) is 56.5 Å². The molecule has 170 valence electrons. The molecule has 0 amide bonds. The van der Waals surface area contributed by atoms with Crippen molar-refractivity contribution in [2.45, 2.75) is 6.92 Å². The van der Waals surface area contributed by atoms with Crippen molar-refractivity contribution in [3.8, 4) is 22.5 Å². The van der Waals surface area contributed by atoms with Crippen molar-refractivity contribution in [2.75, 3.05) is 14.1 Å². The second kappa shape index (κ2) is 8.99. The first kappa shape index (κ1) is 21.7. The van der Waals surface area contributed by atoms with E-state index in [1.165, 1.54) is 0 Å². The number of allylic oxidation sites excluding steroid dienone is 4. The second-order valence-electron chi connectivity index (χ2n) is 8.12. The zero-order valence-electron chi connectivity index (χ0n) is 19.2. The van der Waals surface area contributed by atoms with Gasteiger partial charge in [0.2, 0.25) is 0 Å². The number of pyridine rings is 2. The molecule has 5 aromatic heterocycles. The van der Waals surface area contributed by atoms with Crippen LogP contribution in [-0.2, 0) is 0 Å². The summed E-state index contributed by atoms with van der Waals surface area (Å²) in [4.78, 5) is 14.5. The third-order valence-corrected chi connectivity index (χ3v) is 6.41. The van der Waals surface area contributed by atoms with E-state index in [4.69, 9.17) is 5.73 Å². The van der Waals surface area contributed by atoms with Gasteiger partial charge in [-0.05, 0) is 53.6 Å². The minimum Gasteiger partial charge on any atom is -0.404 e. The predicted octanol–water partition coefficient (Wildman–Crippen LogP) is 5.55. The maximum atomic E-state index is 6.02. The monoisotopic (exact) mass is 467 g/mol. The summed E-state index contributed by atoms with van der Waals surface area (Å²) in [7, 11) is 4.01. The molecule has 0 aromatic carbocycles. The highest BCUT2D eigenvalue weighted by Crippen LogP contribution is 2.34. The maximum Gasteiger partial charge on any atom is 0.181 e. The Morgan fingerprint density at radius 2 is 2.03 bits per heavy atom. The van der Waals surface area contributed by atoms with Crippen LogP contribution < -0.4 is 5.73 Å². The van der Waals surface area contributed by atoms with Gasteiger partial charge in [-0.15, -0.1) is 0 Å². The highest BCUT2D eigenvalue weighted by atomic mass is 32.1. The number of nitrogens with one attached hydrogen (secondary N) is 2. The molecule has 5 aromatic rings. The number of aromatic nitrogens is 5. The maximum absolute atomic E-state index is 6.02. The molecule has 0 aliphatic rings. The molecule has 4 N–H and O–H groups in total. The molecule has 0 aliphatic heterocycles. The Hall–Kier alpha value is -4.17. The SMILES string of the molecule is CC=C/C(=C\C(=C/N)c1cnc2n[nH]c(-c3cc4c(-c5ccsc5)cncc4[nH]3)c2c1)N(C)C. The van der Waals surface area contributed by atoms with Crippen LogP contribution in [0.25, 0.3) is 50.0 Å². The summed E-state index contributed by atoms with van der Waals surface area (Å²) in [6, 6.07) is 6.32. The lowest BCUT2D eigenvalue weighted by Crippen LogP contribution is -2.09. The fourth-order valence-electron chi connectivity index (χ4n) is 3.98.